The van der Waals surface area contributed by atoms with E-state index in [9.17, 15) is 23.2 Å². The zero-order chi connectivity index (χ0) is 25.8. The Labute approximate surface area is 206 Å². The summed E-state index contributed by atoms with van der Waals surface area (Å²) in [6.45, 7) is 1.73. The molecule has 0 aliphatic rings. The van der Waals surface area contributed by atoms with Crippen LogP contribution in [0.5, 0.6) is 0 Å². The lowest BCUT2D eigenvalue weighted by Gasteiger charge is -2.12. The first-order chi connectivity index (χ1) is 17.3. The van der Waals surface area contributed by atoms with Crippen molar-refractivity contribution in [1.82, 2.24) is 14.7 Å². The van der Waals surface area contributed by atoms with Crippen molar-refractivity contribution in [2.75, 3.05) is 12.4 Å². The van der Waals surface area contributed by atoms with E-state index in [4.69, 9.17) is 0 Å². The largest absolute Gasteiger partial charge is 0.319 e. The van der Waals surface area contributed by atoms with E-state index in [2.05, 4.69) is 10.6 Å². The molecule has 0 aliphatic carbocycles. The van der Waals surface area contributed by atoms with Gasteiger partial charge in [-0.3, -0.25) is 19.1 Å². The van der Waals surface area contributed by atoms with E-state index in [0.717, 1.165) is 0 Å². The molecule has 4 aromatic rings. The number of halogens is 2. The molecule has 0 radical (unpaired) electrons. The summed E-state index contributed by atoms with van der Waals surface area (Å²) >= 11 is 0. The number of nitrogens with one attached hydrogen (secondary N) is 2. The molecular weight excluding hydrogens is 466 g/mol. The molecule has 3 aromatic carbocycles. The lowest BCUT2D eigenvalue weighted by Crippen LogP contribution is -2.36. The maximum atomic E-state index is 13.5. The first kappa shape index (κ1) is 24.7. The zero-order valence-corrected chi connectivity index (χ0v) is 19.7. The van der Waals surface area contributed by atoms with Crippen LogP contribution in [0.15, 0.2) is 83.8 Å². The zero-order valence-electron chi connectivity index (χ0n) is 19.7. The summed E-state index contributed by atoms with van der Waals surface area (Å²) in [7, 11) is 1.63. The summed E-state index contributed by atoms with van der Waals surface area (Å²) in [5.41, 5.74) is 1.46. The van der Waals surface area contributed by atoms with Crippen LogP contribution in [0.4, 0.5) is 14.5 Å². The van der Waals surface area contributed by atoms with Gasteiger partial charge in [-0.15, -0.1) is 0 Å². The van der Waals surface area contributed by atoms with E-state index in [1.165, 1.54) is 64.1 Å². The fourth-order valence-electron chi connectivity index (χ4n) is 3.65. The molecule has 4 rings (SSSR count). The average Bonchev–Trinajstić information content (AvgIpc) is 3.18. The molecule has 1 aromatic heterocycles. The third-order valence-corrected chi connectivity index (χ3v) is 5.78. The number of nitrogens with zero attached hydrogens (tertiary/aromatic N) is 2. The minimum Gasteiger partial charge on any atom is -0.319 e. The number of likely N-dealkylation sites (N-methyl/N-ethyl adjacent to an activating group) is 1. The Morgan fingerprint density at radius 2 is 1.56 bits per heavy atom. The van der Waals surface area contributed by atoms with Crippen LogP contribution in [0.1, 0.15) is 28.4 Å². The summed E-state index contributed by atoms with van der Waals surface area (Å²) in [5.74, 6) is -1.53. The number of aromatic nitrogens is 2. The average molecular weight is 491 g/mol. The van der Waals surface area contributed by atoms with Crippen LogP contribution in [0, 0.1) is 11.6 Å². The minimum absolute atomic E-state index is 0.0602. The van der Waals surface area contributed by atoms with Gasteiger partial charge in [0.25, 0.3) is 5.56 Å². The van der Waals surface area contributed by atoms with E-state index < -0.39 is 23.2 Å². The molecule has 9 heteroatoms. The Bertz CT molecular complexity index is 1460. The number of carbonyl (C=O) groups excluding carboxylic acids is 2. The molecule has 7 nitrogen and oxygen atoms in total. The topological polar surface area (TPSA) is 85.1 Å². The second-order valence-corrected chi connectivity index (χ2v) is 8.26. The number of ketones is 1. The number of hydrogen-bond donors (Lipinski definition) is 2. The molecule has 0 bridgehead atoms. The highest BCUT2D eigenvalue weighted by molar-refractivity contribution is 6.09. The quantitative estimate of drug-likeness (QED) is 0.369. The standard InChI is InChI=1S/C27H24F2N4O3/c1-17(30-2)26(35)31-24-16-32(23-12-10-22(29)11-13-23)33(27(24)36)15-18-4-3-5-20(14-18)25(34)19-6-8-21(28)9-7-19/h3-14,16-17,30H,15H2,1-2H3,(H,31,35). The third-order valence-electron chi connectivity index (χ3n) is 5.78. The monoisotopic (exact) mass is 490 g/mol. The van der Waals surface area contributed by atoms with Crippen molar-refractivity contribution in [2.24, 2.45) is 0 Å². The van der Waals surface area contributed by atoms with Gasteiger partial charge in [0, 0.05) is 11.1 Å². The third kappa shape index (κ3) is 5.31. The van der Waals surface area contributed by atoms with Crippen LogP contribution in [0.25, 0.3) is 5.69 Å². The first-order valence-electron chi connectivity index (χ1n) is 11.2. The molecule has 1 atom stereocenters. The summed E-state index contributed by atoms with van der Waals surface area (Å²) in [5, 5.41) is 5.44. The second-order valence-electron chi connectivity index (χ2n) is 8.26. The van der Waals surface area contributed by atoms with Crippen LogP contribution >= 0.6 is 0 Å². The predicted octanol–water partition coefficient (Wildman–Crippen LogP) is 3.74. The number of anilines is 1. The maximum Gasteiger partial charge on any atom is 0.291 e. The number of carbonyl (C=O) groups is 2. The molecule has 1 heterocycles. The maximum absolute atomic E-state index is 13.5. The molecule has 0 saturated heterocycles. The van der Waals surface area contributed by atoms with Gasteiger partial charge in [-0.1, -0.05) is 18.2 Å². The van der Waals surface area contributed by atoms with Gasteiger partial charge in [0.1, 0.15) is 17.3 Å². The van der Waals surface area contributed by atoms with Crippen LogP contribution < -0.4 is 16.2 Å². The lowest BCUT2D eigenvalue weighted by atomic mass is 10.0. The van der Waals surface area contributed by atoms with Crippen molar-refractivity contribution in [1.29, 1.82) is 0 Å². The molecule has 0 aliphatic heterocycles. The lowest BCUT2D eigenvalue weighted by molar-refractivity contribution is -0.117. The number of rotatable bonds is 8. The molecule has 0 spiro atoms. The molecule has 36 heavy (non-hydrogen) atoms. The van der Waals surface area contributed by atoms with E-state index in [1.54, 1.807) is 38.2 Å². The van der Waals surface area contributed by atoms with Crippen LogP contribution in [-0.4, -0.2) is 34.1 Å². The summed E-state index contributed by atoms with van der Waals surface area (Å²) in [4.78, 5) is 38.6. The number of benzene rings is 3. The Kier molecular flexibility index (Phi) is 7.21. The van der Waals surface area contributed by atoms with Crippen molar-refractivity contribution < 1.29 is 18.4 Å². The number of hydrogen-bond acceptors (Lipinski definition) is 4. The molecular formula is C27H24F2N4O3. The van der Waals surface area contributed by atoms with Crippen molar-refractivity contribution in [3.05, 3.63) is 118 Å². The van der Waals surface area contributed by atoms with Gasteiger partial charge >= 0.3 is 0 Å². The fourth-order valence-corrected chi connectivity index (χ4v) is 3.65. The van der Waals surface area contributed by atoms with Gasteiger partial charge in [0.2, 0.25) is 5.91 Å². The normalized spacial score (nSPS) is 11.8. The van der Waals surface area contributed by atoms with Crippen molar-refractivity contribution in [3.8, 4) is 5.69 Å². The van der Waals surface area contributed by atoms with Crippen molar-refractivity contribution >= 4 is 17.4 Å². The highest BCUT2D eigenvalue weighted by atomic mass is 19.1. The van der Waals surface area contributed by atoms with Gasteiger partial charge in [-0.2, -0.15) is 0 Å². The Hall–Kier alpha value is -4.37. The van der Waals surface area contributed by atoms with Crippen LogP contribution in [-0.2, 0) is 11.3 Å². The van der Waals surface area contributed by atoms with E-state index in [-0.39, 0.29) is 23.9 Å². The van der Waals surface area contributed by atoms with E-state index in [0.29, 0.717) is 22.4 Å². The van der Waals surface area contributed by atoms with Gasteiger partial charge < -0.3 is 10.6 Å². The predicted molar refractivity (Wildman–Crippen MR) is 133 cm³/mol. The van der Waals surface area contributed by atoms with Crippen LogP contribution in [0.3, 0.4) is 0 Å². The van der Waals surface area contributed by atoms with Gasteiger partial charge in [0.05, 0.1) is 24.5 Å². The van der Waals surface area contributed by atoms with Crippen LogP contribution in [0.2, 0.25) is 0 Å². The van der Waals surface area contributed by atoms with E-state index in [1.807, 2.05) is 0 Å². The smallest absolute Gasteiger partial charge is 0.291 e. The van der Waals surface area contributed by atoms with Gasteiger partial charge in [-0.25, -0.2) is 13.5 Å². The molecule has 1 amide bonds. The minimum atomic E-state index is -0.527. The Balaban J connectivity index is 1.71. The highest BCUT2D eigenvalue weighted by Gasteiger charge is 2.18. The molecule has 1 unspecified atom stereocenters. The fraction of sp³-hybridized carbons (Fsp3) is 0.148. The van der Waals surface area contributed by atoms with Crippen molar-refractivity contribution in [3.63, 3.8) is 0 Å². The second kappa shape index (κ2) is 10.5. The molecule has 0 fully saturated rings. The summed E-state index contributed by atoms with van der Waals surface area (Å²) < 4.78 is 29.7. The summed E-state index contributed by atoms with van der Waals surface area (Å²) in [6.07, 6.45) is 1.48. The Morgan fingerprint density at radius 1 is 0.917 bits per heavy atom. The van der Waals surface area contributed by atoms with Gasteiger partial charge in [-0.05, 0) is 74.1 Å². The SMILES string of the molecule is CNC(C)C(=O)Nc1cn(-c2ccc(F)cc2)n(Cc2cccc(C(=O)c3ccc(F)cc3)c2)c1=O. The highest BCUT2D eigenvalue weighted by Crippen LogP contribution is 2.16. The summed E-state index contributed by atoms with van der Waals surface area (Å²) in [6, 6.07) is 17.1. The Morgan fingerprint density at radius 3 is 2.19 bits per heavy atom. The van der Waals surface area contributed by atoms with E-state index >= 15 is 0 Å². The van der Waals surface area contributed by atoms with Gasteiger partial charge in [0.15, 0.2) is 5.78 Å². The number of amides is 1. The van der Waals surface area contributed by atoms with Crippen molar-refractivity contribution in [2.45, 2.75) is 19.5 Å². The molecule has 184 valence electrons. The molecule has 0 saturated carbocycles. The first-order valence-corrected chi connectivity index (χ1v) is 11.2. The molecule has 2 N–H and O–H groups in total.